The van der Waals surface area contributed by atoms with E-state index in [9.17, 15) is 19.8 Å². The summed E-state index contributed by atoms with van der Waals surface area (Å²) >= 11 is 0. The largest absolute Gasteiger partial charge is 0.496 e. The first-order valence-corrected chi connectivity index (χ1v) is 19.5. The molecule has 2 heterocycles. The first-order valence-electron chi connectivity index (χ1n) is 19.5. The maximum atomic E-state index is 14.3. The lowest BCUT2D eigenvalue weighted by Gasteiger charge is -2.62. The van der Waals surface area contributed by atoms with Gasteiger partial charge in [0.25, 0.3) is 5.91 Å². The van der Waals surface area contributed by atoms with Crippen molar-refractivity contribution in [2.75, 3.05) is 39.3 Å². The van der Waals surface area contributed by atoms with Crippen LogP contribution < -0.4 is 20.3 Å². The zero-order chi connectivity index (χ0) is 39.2. The van der Waals surface area contributed by atoms with Crippen molar-refractivity contribution >= 4 is 28.5 Å². The van der Waals surface area contributed by atoms with E-state index >= 15 is 0 Å². The van der Waals surface area contributed by atoms with E-state index in [1.165, 1.54) is 6.42 Å². The van der Waals surface area contributed by atoms with E-state index in [-0.39, 0.29) is 36.4 Å². The summed E-state index contributed by atoms with van der Waals surface area (Å²) in [6, 6.07) is 18.6. The predicted octanol–water partition coefficient (Wildman–Crippen LogP) is 4.94. The summed E-state index contributed by atoms with van der Waals surface area (Å²) in [5, 5.41) is 29.3. The molecule has 12 heteroatoms. The minimum absolute atomic E-state index is 0.0347. The predicted molar refractivity (Wildman–Crippen MR) is 212 cm³/mol. The van der Waals surface area contributed by atoms with Crippen LogP contribution in [0.25, 0.3) is 22.2 Å². The highest BCUT2D eigenvalue weighted by Crippen LogP contribution is 2.61. The number of rotatable bonds is 13. The van der Waals surface area contributed by atoms with E-state index < -0.39 is 24.2 Å². The molecule has 0 spiro atoms. The summed E-state index contributed by atoms with van der Waals surface area (Å²) < 4.78 is 6.07. The molecule has 2 amide bonds. The number of benzene rings is 3. The number of aliphatic hydroxyl groups excluding tert-OH is 2. The van der Waals surface area contributed by atoms with E-state index in [0.717, 1.165) is 45.7 Å². The average Bonchev–Trinajstić information content (AvgIpc) is 3.76. The van der Waals surface area contributed by atoms with Gasteiger partial charge >= 0.3 is 0 Å². The molecule has 4 fully saturated rings. The summed E-state index contributed by atoms with van der Waals surface area (Å²) in [5.74, 6) is 1.77. The van der Waals surface area contributed by atoms with Crippen LogP contribution in [-0.2, 0) is 22.6 Å². The number of nitrogens with zero attached hydrogens (tertiary/aromatic N) is 3. The third-order valence-electron chi connectivity index (χ3n) is 12.8. The molecule has 294 valence electrons. The fraction of sp³-hybridized carbons (Fsp3) is 0.512. The van der Waals surface area contributed by atoms with Crippen molar-refractivity contribution in [2.24, 2.45) is 29.1 Å². The number of aromatic nitrogens is 2. The molecule has 4 aliphatic rings. The Kier molecular flexibility index (Phi) is 11.0. The number of para-hydroxylation sites is 3. The number of ether oxygens (including phenoxy) is 1. The van der Waals surface area contributed by atoms with Crippen LogP contribution in [0.4, 0.5) is 5.69 Å². The molecule has 1 aliphatic heterocycles. The van der Waals surface area contributed by atoms with Gasteiger partial charge in [-0.15, -0.1) is 0 Å². The molecule has 3 aliphatic carbocycles. The number of nitrogens with one attached hydrogen (secondary N) is 3. The van der Waals surface area contributed by atoms with E-state index in [2.05, 4.69) is 41.4 Å². The number of aliphatic hydroxyl groups is 2. The molecule has 3 aromatic carbocycles. The maximum absolute atomic E-state index is 14.3. The number of hydrogen-bond acceptors (Lipinski definition) is 9. The standard InChI is InChI=1S/C43H56N6O6/c1-24-32-20-29(43(32,3)4)21-35(24)47-42(53)39-38(25(2)51)36(23-50)55-49(39)22-26-11-10-12-31(40(26)54-7)27-17-28(19-30(18-27)48(5)6)41(52)44-16-15-37-45-33-13-8-9-14-34(33)46-37/h8-14,17-19,24-25,29,32,35-36,38-39,50-51H,15-16,20-23H2,1-7H3,(H,44,52)(H,45,46)(H,47,53)/t24-,25-,29-,32-,35-,36-,38+,39-/m0/s1. The van der Waals surface area contributed by atoms with Crippen molar-refractivity contribution in [3.63, 3.8) is 0 Å². The van der Waals surface area contributed by atoms with Crippen LogP contribution >= 0.6 is 0 Å². The Hall–Kier alpha value is -4.49. The summed E-state index contributed by atoms with van der Waals surface area (Å²) in [7, 11) is 5.46. The van der Waals surface area contributed by atoms with Gasteiger partial charge in [-0.1, -0.05) is 51.1 Å². The van der Waals surface area contributed by atoms with Gasteiger partial charge in [-0.3, -0.25) is 14.4 Å². The van der Waals surface area contributed by atoms with Crippen LogP contribution in [0.2, 0.25) is 0 Å². The van der Waals surface area contributed by atoms with Gasteiger partial charge in [0.05, 0.1) is 37.4 Å². The van der Waals surface area contributed by atoms with Gasteiger partial charge in [-0.05, 0) is 78.8 Å². The molecule has 55 heavy (non-hydrogen) atoms. The topological polar surface area (TPSA) is 152 Å². The number of imidazole rings is 1. The molecule has 0 radical (unpaired) electrons. The monoisotopic (exact) mass is 752 g/mol. The molecule has 2 bridgehead atoms. The van der Waals surface area contributed by atoms with Crippen LogP contribution in [0.1, 0.15) is 62.3 Å². The highest BCUT2D eigenvalue weighted by molar-refractivity contribution is 5.97. The van der Waals surface area contributed by atoms with E-state index in [4.69, 9.17) is 9.57 Å². The number of amides is 2. The lowest BCUT2D eigenvalue weighted by Crippen LogP contribution is -2.62. The molecule has 12 nitrogen and oxygen atoms in total. The molecular formula is C43H56N6O6. The quantitative estimate of drug-likeness (QED) is 0.128. The Balaban J connectivity index is 1.12. The first-order chi connectivity index (χ1) is 26.3. The zero-order valence-corrected chi connectivity index (χ0v) is 33.0. The number of methoxy groups -OCH3 is 1. The second-order valence-corrected chi connectivity index (χ2v) is 16.6. The van der Waals surface area contributed by atoms with Crippen molar-refractivity contribution in [3.05, 3.63) is 77.6 Å². The minimum atomic E-state index is -0.903. The summed E-state index contributed by atoms with van der Waals surface area (Å²) in [6.45, 7) is 8.78. The SMILES string of the molecule is COc1c(CN2O[C@@H](CO)[C@@H]([C@H](C)O)[C@H]2C(=O)N[C@H]2C[C@@H]3C[C@@H]([C@@H]2C)C3(C)C)cccc1-c1cc(C(=O)NCCc2nc3ccccc3[nH]2)cc(N(C)C)c1. The molecule has 1 saturated heterocycles. The number of hydroxylamine groups is 2. The number of anilines is 1. The molecule has 8 rings (SSSR count). The van der Waals surface area contributed by atoms with E-state index in [0.29, 0.717) is 42.0 Å². The van der Waals surface area contributed by atoms with Gasteiger partial charge in [-0.2, -0.15) is 5.06 Å². The third-order valence-corrected chi connectivity index (χ3v) is 12.8. The van der Waals surface area contributed by atoms with Crippen LogP contribution in [0.5, 0.6) is 5.75 Å². The Morgan fingerprint density at radius 2 is 1.91 bits per heavy atom. The van der Waals surface area contributed by atoms with Gasteiger partial charge in [0.15, 0.2) is 0 Å². The summed E-state index contributed by atoms with van der Waals surface area (Å²) in [6.07, 6.45) is 1.02. The van der Waals surface area contributed by atoms with Crippen molar-refractivity contribution in [2.45, 2.75) is 77.8 Å². The average molecular weight is 753 g/mol. The third kappa shape index (κ3) is 7.45. The van der Waals surface area contributed by atoms with Gasteiger partial charge in [0, 0.05) is 61.4 Å². The second-order valence-electron chi connectivity index (χ2n) is 16.6. The van der Waals surface area contributed by atoms with E-state index in [1.807, 2.05) is 79.7 Å². The Bertz CT molecular complexity index is 1990. The Morgan fingerprint density at radius 3 is 2.58 bits per heavy atom. The summed E-state index contributed by atoms with van der Waals surface area (Å²) in [5.41, 5.74) is 5.78. The van der Waals surface area contributed by atoms with Crippen molar-refractivity contribution in [3.8, 4) is 16.9 Å². The smallest absolute Gasteiger partial charge is 0.251 e. The second kappa shape index (κ2) is 15.6. The van der Waals surface area contributed by atoms with Gasteiger partial charge in [0.1, 0.15) is 23.7 Å². The van der Waals surface area contributed by atoms with Gasteiger partial charge in [0.2, 0.25) is 5.91 Å². The fourth-order valence-corrected chi connectivity index (χ4v) is 9.51. The number of carbonyl (C=O) groups excluding carboxylic acids is 2. The number of fused-ring (bicyclic) bond motifs is 3. The number of H-pyrrole nitrogens is 1. The normalized spacial score (nSPS) is 26.3. The van der Waals surface area contributed by atoms with Crippen LogP contribution in [0, 0.1) is 29.1 Å². The molecule has 1 aromatic heterocycles. The number of hydrogen-bond donors (Lipinski definition) is 5. The van der Waals surface area contributed by atoms with Crippen LogP contribution in [0.3, 0.4) is 0 Å². The fourth-order valence-electron chi connectivity index (χ4n) is 9.51. The Labute approximate surface area is 323 Å². The molecule has 4 aromatic rings. The lowest BCUT2D eigenvalue weighted by molar-refractivity contribution is -0.183. The summed E-state index contributed by atoms with van der Waals surface area (Å²) in [4.78, 5) is 44.0. The van der Waals surface area contributed by atoms with Crippen molar-refractivity contribution in [1.29, 1.82) is 0 Å². The minimum Gasteiger partial charge on any atom is -0.496 e. The van der Waals surface area contributed by atoms with Crippen LogP contribution in [-0.4, -0.2) is 95.7 Å². The molecule has 0 unspecified atom stereocenters. The van der Waals surface area contributed by atoms with Crippen LogP contribution in [0.15, 0.2) is 60.7 Å². The number of aromatic amines is 1. The van der Waals surface area contributed by atoms with Crippen molar-refractivity contribution in [1.82, 2.24) is 25.7 Å². The van der Waals surface area contributed by atoms with Gasteiger partial charge < -0.3 is 35.5 Å². The first kappa shape index (κ1) is 38.8. The zero-order valence-electron chi connectivity index (χ0n) is 33.0. The van der Waals surface area contributed by atoms with Crippen molar-refractivity contribution < 1.29 is 29.4 Å². The van der Waals surface area contributed by atoms with Gasteiger partial charge in [-0.25, -0.2) is 4.98 Å². The molecule has 8 atom stereocenters. The number of carbonyl (C=O) groups is 2. The van der Waals surface area contributed by atoms with E-state index in [1.54, 1.807) is 19.1 Å². The Morgan fingerprint density at radius 1 is 1.13 bits per heavy atom. The molecule has 3 saturated carbocycles. The molecular weight excluding hydrogens is 697 g/mol. The lowest BCUT2D eigenvalue weighted by atomic mass is 9.45. The highest BCUT2D eigenvalue weighted by atomic mass is 16.7. The maximum Gasteiger partial charge on any atom is 0.251 e. The highest BCUT2D eigenvalue weighted by Gasteiger charge is 2.57. The molecule has 5 N–H and O–H groups in total.